The van der Waals surface area contributed by atoms with Crippen LogP contribution in [-0.2, 0) is 0 Å². The van der Waals surface area contributed by atoms with Crippen molar-refractivity contribution >= 4 is 21.7 Å². The van der Waals surface area contributed by atoms with E-state index in [4.69, 9.17) is 15.2 Å². The molecular weight excluding hydrogens is 274 g/mol. The van der Waals surface area contributed by atoms with Gasteiger partial charge in [-0.3, -0.25) is 5.10 Å². The van der Waals surface area contributed by atoms with Crippen LogP contribution < -0.4 is 15.2 Å². The maximum atomic E-state index is 5.79. The molecule has 1 aromatic carbocycles. The van der Waals surface area contributed by atoms with E-state index in [-0.39, 0.29) is 6.79 Å². The minimum Gasteiger partial charge on any atom is -0.454 e. The number of anilines is 1. The highest BCUT2D eigenvalue weighted by molar-refractivity contribution is 9.10. The predicted molar refractivity (Wildman–Crippen MR) is 62.3 cm³/mol. The first-order chi connectivity index (χ1) is 7.75. The zero-order chi connectivity index (χ0) is 11.1. The number of aromatic amines is 1. The molecule has 3 rings (SSSR count). The van der Waals surface area contributed by atoms with Crippen LogP contribution in [0.15, 0.2) is 22.8 Å². The number of nitrogens with two attached hydrogens (primary N) is 1. The molecule has 0 amide bonds. The van der Waals surface area contributed by atoms with Crippen LogP contribution in [0.3, 0.4) is 0 Å². The lowest BCUT2D eigenvalue weighted by atomic mass is 10.1. The number of H-pyrrole nitrogens is 1. The van der Waals surface area contributed by atoms with Gasteiger partial charge in [-0.25, -0.2) is 0 Å². The minimum absolute atomic E-state index is 0.233. The topological polar surface area (TPSA) is 73.2 Å². The zero-order valence-electron chi connectivity index (χ0n) is 8.16. The van der Waals surface area contributed by atoms with Crippen molar-refractivity contribution < 1.29 is 9.47 Å². The van der Waals surface area contributed by atoms with Gasteiger partial charge in [0.15, 0.2) is 11.5 Å². The van der Waals surface area contributed by atoms with Gasteiger partial charge in [0.25, 0.3) is 0 Å². The molecule has 0 bridgehead atoms. The number of rotatable bonds is 1. The molecule has 0 saturated carbocycles. The Hall–Kier alpha value is -1.69. The Kier molecular flexibility index (Phi) is 2.03. The van der Waals surface area contributed by atoms with Crippen molar-refractivity contribution in [3.8, 4) is 22.6 Å². The summed E-state index contributed by atoms with van der Waals surface area (Å²) in [5.74, 6) is 1.93. The molecule has 3 N–H and O–H groups in total. The molecule has 5 nitrogen and oxygen atoms in total. The van der Waals surface area contributed by atoms with Crippen LogP contribution in [0.2, 0.25) is 0 Å². The molecule has 6 heteroatoms. The first-order valence-electron chi connectivity index (χ1n) is 4.64. The van der Waals surface area contributed by atoms with Gasteiger partial charge in [-0.15, -0.1) is 0 Å². The van der Waals surface area contributed by atoms with Crippen LogP contribution in [0, 0.1) is 0 Å². The van der Waals surface area contributed by atoms with Crippen LogP contribution in [0.25, 0.3) is 11.1 Å². The molecule has 0 fully saturated rings. The summed E-state index contributed by atoms with van der Waals surface area (Å²) in [6.45, 7) is 0.233. The fourth-order valence-electron chi connectivity index (χ4n) is 1.69. The smallest absolute Gasteiger partial charge is 0.231 e. The number of nitrogens with one attached hydrogen (secondary N) is 1. The molecule has 0 atom stereocenters. The van der Waals surface area contributed by atoms with Gasteiger partial charge in [-0.05, 0) is 12.1 Å². The number of aromatic nitrogens is 2. The Morgan fingerprint density at radius 2 is 2.19 bits per heavy atom. The summed E-state index contributed by atoms with van der Waals surface area (Å²) in [4.78, 5) is 0. The van der Waals surface area contributed by atoms with Crippen LogP contribution in [0.4, 0.5) is 5.82 Å². The molecule has 0 aliphatic carbocycles. The number of nitrogens with zero attached hydrogens (tertiary/aromatic N) is 1. The molecule has 0 saturated heterocycles. The predicted octanol–water partition coefficient (Wildman–Crippen LogP) is 2.15. The molecule has 2 heterocycles. The number of hydrogen-bond acceptors (Lipinski definition) is 4. The van der Waals surface area contributed by atoms with E-state index in [9.17, 15) is 0 Å². The molecule has 1 aliphatic rings. The number of benzene rings is 1. The zero-order valence-corrected chi connectivity index (χ0v) is 9.74. The lowest BCUT2D eigenvalue weighted by Crippen LogP contribution is -1.94. The van der Waals surface area contributed by atoms with E-state index >= 15 is 0 Å². The molecule has 0 spiro atoms. The second kappa shape index (κ2) is 3.41. The van der Waals surface area contributed by atoms with Crippen molar-refractivity contribution in [2.45, 2.75) is 0 Å². The standard InChI is InChI=1S/C10H8BrN3O2/c11-5-1-6(7-3-13-14-10(7)12)9-8(2-5)15-4-16-9/h1-3H,4H2,(H3,12,13,14). The maximum absolute atomic E-state index is 5.79. The van der Waals surface area contributed by atoms with Gasteiger partial charge in [0.05, 0.1) is 6.20 Å². The quantitative estimate of drug-likeness (QED) is 0.840. The number of hydrogen-bond donors (Lipinski definition) is 2. The number of nitrogen functional groups attached to an aromatic ring is 1. The third-order valence-corrected chi connectivity index (χ3v) is 2.85. The van der Waals surface area contributed by atoms with Crippen LogP contribution >= 0.6 is 15.9 Å². The Labute approximate surface area is 99.7 Å². The average molecular weight is 282 g/mol. The SMILES string of the molecule is Nc1[nH]ncc1-c1cc(Br)cc2c1OCO2. The fourth-order valence-corrected chi connectivity index (χ4v) is 2.12. The summed E-state index contributed by atoms with van der Waals surface area (Å²) >= 11 is 3.42. The third-order valence-electron chi connectivity index (χ3n) is 2.40. The van der Waals surface area contributed by atoms with Gasteiger partial charge < -0.3 is 15.2 Å². The van der Waals surface area contributed by atoms with Crippen molar-refractivity contribution in [1.29, 1.82) is 0 Å². The van der Waals surface area contributed by atoms with Crippen molar-refractivity contribution in [1.82, 2.24) is 10.2 Å². The van der Waals surface area contributed by atoms with E-state index < -0.39 is 0 Å². The van der Waals surface area contributed by atoms with E-state index in [1.807, 2.05) is 12.1 Å². The number of fused-ring (bicyclic) bond motifs is 1. The van der Waals surface area contributed by atoms with Crippen molar-refractivity contribution in [3.63, 3.8) is 0 Å². The van der Waals surface area contributed by atoms with Crippen LogP contribution in [0.5, 0.6) is 11.5 Å². The van der Waals surface area contributed by atoms with E-state index in [2.05, 4.69) is 26.1 Å². The Morgan fingerprint density at radius 3 is 2.94 bits per heavy atom. The fraction of sp³-hybridized carbons (Fsp3) is 0.100. The Bertz CT molecular complexity index is 553. The second-order valence-corrected chi connectivity index (χ2v) is 4.30. The molecule has 1 aliphatic heterocycles. The highest BCUT2D eigenvalue weighted by Gasteiger charge is 2.21. The monoisotopic (exact) mass is 281 g/mol. The van der Waals surface area contributed by atoms with E-state index in [1.54, 1.807) is 6.20 Å². The minimum atomic E-state index is 0.233. The summed E-state index contributed by atoms with van der Waals surface area (Å²) in [6.07, 6.45) is 1.67. The molecule has 0 unspecified atom stereocenters. The summed E-state index contributed by atoms with van der Waals surface area (Å²) in [6, 6.07) is 3.79. The number of halogens is 1. The maximum Gasteiger partial charge on any atom is 0.231 e. The Morgan fingerprint density at radius 1 is 1.31 bits per heavy atom. The van der Waals surface area contributed by atoms with Gasteiger partial charge in [-0.2, -0.15) is 5.10 Å². The molecule has 16 heavy (non-hydrogen) atoms. The molecule has 1 aromatic heterocycles. The lowest BCUT2D eigenvalue weighted by Gasteiger charge is -2.05. The molecule has 82 valence electrons. The van der Waals surface area contributed by atoms with Gasteiger partial charge in [0.2, 0.25) is 6.79 Å². The molecule has 2 aromatic rings. The summed E-state index contributed by atoms with van der Waals surface area (Å²) in [5.41, 5.74) is 7.46. The van der Waals surface area contributed by atoms with Crippen LogP contribution in [0.1, 0.15) is 0 Å². The normalized spacial score (nSPS) is 13.1. The Balaban J connectivity index is 2.25. The van der Waals surface area contributed by atoms with Gasteiger partial charge in [0.1, 0.15) is 5.82 Å². The third kappa shape index (κ3) is 1.34. The van der Waals surface area contributed by atoms with Gasteiger partial charge >= 0.3 is 0 Å². The van der Waals surface area contributed by atoms with Gasteiger partial charge in [0, 0.05) is 15.6 Å². The van der Waals surface area contributed by atoms with Crippen molar-refractivity contribution in [2.75, 3.05) is 12.5 Å². The first-order valence-corrected chi connectivity index (χ1v) is 5.43. The number of ether oxygens (including phenoxy) is 2. The summed E-state index contributed by atoms with van der Waals surface area (Å²) < 4.78 is 11.7. The lowest BCUT2D eigenvalue weighted by molar-refractivity contribution is 0.174. The van der Waals surface area contributed by atoms with Gasteiger partial charge in [-0.1, -0.05) is 15.9 Å². The average Bonchev–Trinajstić information content (AvgIpc) is 2.84. The summed E-state index contributed by atoms with van der Waals surface area (Å²) in [7, 11) is 0. The summed E-state index contributed by atoms with van der Waals surface area (Å²) in [5, 5.41) is 6.59. The largest absolute Gasteiger partial charge is 0.454 e. The van der Waals surface area contributed by atoms with Crippen LogP contribution in [-0.4, -0.2) is 17.0 Å². The van der Waals surface area contributed by atoms with Crippen molar-refractivity contribution in [2.24, 2.45) is 0 Å². The highest BCUT2D eigenvalue weighted by atomic mass is 79.9. The van der Waals surface area contributed by atoms with E-state index in [1.165, 1.54) is 0 Å². The second-order valence-electron chi connectivity index (χ2n) is 3.38. The van der Waals surface area contributed by atoms with E-state index in [0.29, 0.717) is 17.3 Å². The molecule has 0 radical (unpaired) electrons. The highest BCUT2D eigenvalue weighted by Crippen LogP contribution is 2.44. The molecular formula is C10H8BrN3O2. The van der Waals surface area contributed by atoms with E-state index in [0.717, 1.165) is 15.6 Å². The van der Waals surface area contributed by atoms with Crippen molar-refractivity contribution in [3.05, 3.63) is 22.8 Å². The first kappa shape index (κ1) is 9.53.